The monoisotopic (exact) mass is 461 g/mol. The fourth-order valence-corrected chi connectivity index (χ4v) is 6.08. The van der Waals surface area contributed by atoms with Gasteiger partial charge in [-0.1, -0.05) is 12.2 Å². The van der Waals surface area contributed by atoms with Crippen molar-refractivity contribution in [3.63, 3.8) is 0 Å². The molecule has 1 N–H and O–H groups in total. The van der Waals surface area contributed by atoms with Crippen molar-refractivity contribution in [2.75, 3.05) is 53.3 Å². The van der Waals surface area contributed by atoms with E-state index in [-0.39, 0.29) is 25.6 Å². The topological polar surface area (TPSA) is 82.5 Å². The molecule has 2 atom stereocenters. The van der Waals surface area contributed by atoms with Gasteiger partial charge in [0.25, 0.3) is 0 Å². The number of aliphatic carboxylic acids is 1. The Morgan fingerprint density at radius 1 is 1.22 bits per heavy atom. The molecule has 1 aliphatic heterocycles. The number of fused-ring (bicyclic) bond motifs is 2. The maximum Gasteiger partial charge on any atom is 0.304 e. The van der Waals surface area contributed by atoms with Crippen LogP contribution in [-0.4, -0.2) is 75.1 Å². The zero-order valence-corrected chi connectivity index (χ0v) is 20.4. The summed E-state index contributed by atoms with van der Waals surface area (Å²) in [5, 5.41) is 9.70. The van der Waals surface area contributed by atoms with E-state index in [0.717, 1.165) is 5.69 Å². The summed E-state index contributed by atoms with van der Waals surface area (Å²) in [6.45, 7) is 2.10. The van der Waals surface area contributed by atoms with Crippen molar-refractivity contribution in [3.05, 3.63) is 53.3 Å². The Morgan fingerprint density at radius 3 is 2.53 bits per heavy atom. The minimum atomic E-state index is -3.60. The standard InChI is InChI=1S/C23H32N3O5P/c1-7-30-32(29,26(6)13-12-22(27)28)23-18-10-8-16(24(2)3)14-20(18)31-21-15-17(25(4)5)9-11-19(21)23/h8-11,14-16H,7,12-13H2,1-6H3,(H,27,28). The lowest BCUT2D eigenvalue weighted by molar-refractivity contribution is -0.137. The van der Waals surface area contributed by atoms with Gasteiger partial charge in [0.15, 0.2) is 0 Å². The predicted molar refractivity (Wildman–Crippen MR) is 127 cm³/mol. The minimum Gasteiger partial charge on any atom is -0.481 e. The molecule has 0 radical (unpaired) electrons. The molecule has 9 heteroatoms. The molecule has 32 heavy (non-hydrogen) atoms. The third kappa shape index (κ3) is 4.69. The van der Waals surface area contributed by atoms with Gasteiger partial charge in [0.2, 0.25) is 0 Å². The molecule has 0 spiro atoms. The van der Waals surface area contributed by atoms with Crippen LogP contribution in [0.25, 0.3) is 5.31 Å². The van der Waals surface area contributed by atoms with Gasteiger partial charge in [0.1, 0.15) is 11.5 Å². The molecule has 1 heterocycles. The molecule has 0 amide bonds. The number of carboxylic acid groups (broad SMARTS) is 1. The van der Waals surface area contributed by atoms with Gasteiger partial charge in [-0.15, -0.1) is 0 Å². The van der Waals surface area contributed by atoms with Crippen LogP contribution < -0.4 is 9.64 Å². The van der Waals surface area contributed by atoms with Crippen molar-refractivity contribution >= 4 is 24.5 Å². The van der Waals surface area contributed by atoms with Gasteiger partial charge in [0.05, 0.1) is 18.3 Å². The van der Waals surface area contributed by atoms with E-state index in [0.29, 0.717) is 28.0 Å². The molecule has 0 aromatic heterocycles. The average molecular weight is 461 g/mol. The predicted octanol–water partition coefficient (Wildman–Crippen LogP) is 3.88. The smallest absolute Gasteiger partial charge is 0.304 e. The first-order valence-corrected chi connectivity index (χ1v) is 12.2. The van der Waals surface area contributed by atoms with Crippen molar-refractivity contribution in [2.24, 2.45) is 0 Å². The van der Waals surface area contributed by atoms with Crippen LogP contribution in [-0.2, 0) is 13.9 Å². The summed E-state index contributed by atoms with van der Waals surface area (Å²) in [5.74, 6) is 0.268. The van der Waals surface area contributed by atoms with Crippen LogP contribution in [0.5, 0.6) is 5.75 Å². The maximum absolute atomic E-state index is 14.4. The molecule has 8 nitrogen and oxygen atoms in total. The molecule has 3 rings (SSSR count). The fourth-order valence-electron chi connectivity index (χ4n) is 3.72. The summed E-state index contributed by atoms with van der Waals surface area (Å²) < 4.78 is 28.2. The summed E-state index contributed by atoms with van der Waals surface area (Å²) in [4.78, 5) is 15.2. The lowest BCUT2D eigenvalue weighted by atomic mass is 9.98. The van der Waals surface area contributed by atoms with Crippen molar-refractivity contribution in [1.82, 2.24) is 9.57 Å². The Labute approximate surface area is 189 Å². The van der Waals surface area contributed by atoms with Gasteiger partial charge in [-0.3, -0.25) is 14.3 Å². The van der Waals surface area contributed by atoms with Crippen LogP contribution >= 0.6 is 7.52 Å². The van der Waals surface area contributed by atoms with Crippen LogP contribution in [0, 0.1) is 0 Å². The van der Waals surface area contributed by atoms with E-state index in [9.17, 15) is 9.36 Å². The highest BCUT2D eigenvalue weighted by Crippen LogP contribution is 2.66. The van der Waals surface area contributed by atoms with E-state index in [1.54, 1.807) is 14.0 Å². The number of benzene rings is 1. The van der Waals surface area contributed by atoms with Gasteiger partial charge < -0.3 is 19.3 Å². The Kier molecular flexibility index (Phi) is 7.30. The average Bonchev–Trinajstić information content (AvgIpc) is 2.74. The number of carbonyl (C=O) groups is 1. The van der Waals surface area contributed by atoms with Gasteiger partial charge in [-0.2, -0.15) is 0 Å². The summed E-state index contributed by atoms with van der Waals surface area (Å²) in [6, 6.07) is 5.79. The highest BCUT2D eigenvalue weighted by molar-refractivity contribution is 7.67. The number of hydrogen-bond donors (Lipinski definition) is 1. The van der Waals surface area contributed by atoms with E-state index >= 15 is 0 Å². The van der Waals surface area contributed by atoms with Gasteiger partial charge in [-0.05, 0) is 46.3 Å². The first kappa shape index (κ1) is 24.3. The van der Waals surface area contributed by atoms with Gasteiger partial charge in [-0.25, -0.2) is 4.67 Å². The normalized spacial score (nSPS) is 19.2. The molecule has 1 aromatic rings. The Balaban J connectivity index is 2.23. The summed E-state index contributed by atoms with van der Waals surface area (Å²) >= 11 is 0. The molecule has 0 saturated carbocycles. The molecule has 2 unspecified atom stereocenters. The fraction of sp³-hybridized carbons (Fsp3) is 0.435. The van der Waals surface area contributed by atoms with Crippen molar-refractivity contribution in [1.29, 1.82) is 0 Å². The minimum absolute atomic E-state index is 0.0322. The number of likely N-dealkylation sites (N-methyl/N-ethyl adjacent to an activating group) is 1. The molecular formula is C23H32N3O5P. The number of rotatable bonds is 9. The van der Waals surface area contributed by atoms with E-state index in [2.05, 4.69) is 4.90 Å². The van der Waals surface area contributed by atoms with Crippen molar-refractivity contribution in [2.45, 2.75) is 19.4 Å². The summed E-state index contributed by atoms with van der Waals surface area (Å²) in [7, 11) is 5.90. The Morgan fingerprint density at radius 2 is 1.94 bits per heavy atom. The van der Waals surface area contributed by atoms with E-state index in [1.807, 2.05) is 69.5 Å². The number of hydrogen-bond acceptors (Lipinski definition) is 6. The third-order valence-corrected chi connectivity index (χ3v) is 8.30. The van der Waals surface area contributed by atoms with Crippen LogP contribution in [0.2, 0.25) is 0 Å². The van der Waals surface area contributed by atoms with Crippen LogP contribution in [0.4, 0.5) is 5.69 Å². The number of ether oxygens (including phenoxy) is 1. The molecule has 1 aliphatic carbocycles. The molecule has 0 fully saturated rings. The van der Waals surface area contributed by atoms with Crippen molar-refractivity contribution < 1.29 is 23.7 Å². The van der Waals surface area contributed by atoms with Gasteiger partial charge >= 0.3 is 13.5 Å². The second-order valence-corrected chi connectivity index (χ2v) is 10.7. The lowest BCUT2D eigenvalue weighted by Crippen LogP contribution is -2.28. The molecule has 1 aromatic carbocycles. The quantitative estimate of drug-likeness (QED) is 0.555. The highest BCUT2D eigenvalue weighted by atomic mass is 31.2. The Bertz CT molecular complexity index is 1030. The molecule has 0 saturated heterocycles. The number of carboxylic acids is 1. The van der Waals surface area contributed by atoms with Crippen LogP contribution in [0.3, 0.4) is 0 Å². The van der Waals surface area contributed by atoms with Crippen molar-refractivity contribution in [3.8, 4) is 5.75 Å². The molecule has 174 valence electrons. The zero-order chi connectivity index (χ0) is 23.6. The second kappa shape index (κ2) is 9.63. The third-order valence-electron chi connectivity index (χ3n) is 5.54. The Hall–Kier alpha value is -2.38. The first-order chi connectivity index (χ1) is 15.1. The maximum atomic E-state index is 14.4. The highest BCUT2D eigenvalue weighted by Gasteiger charge is 2.41. The SMILES string of the molecule is CCOP(=O)(C1=C2C=CC(N(C)C)C=C2Oc2cc(N(C)C)ccc21)N(C)CCC(=O)O. The number of anilines is 1. The molecule has 0 bridgehead atoms. The summed E-state index contributed by atoms with van der Waals surface area (Å²) in [5.41, 5.74) is 2.34. The number of nitrogens with zero attached hydrogens (tertiary/aromatic N) is 3. The lowest BCUT2D eigenvalue weighted by Gasteiger charge is -2.35. The van der Waals surface area contributed by atoms with E-state index < -0.39 is 13.5 Å². The largest absolute Gasteiger partial charge is 0.481 e. The van der Waals surface area contributed by atoms with E-state index in [1.165, 1.54) is 4.67 Å². The van der Waals surface area contributed by atoms with Gasteiger partial charge in [0, 0.05) is 49.6 Å². The first-order valence-electron chi connectivity index (χ1n) is 10.6. The van der Waals surface area contributed by atoms with Crippen LogP contribution in [0.15, 0.2) is 47.8 Å². The molecule has 2 aliphatic rings. The zero-order valence-electron chi connectivity index (χ0n) is 19.5. The molecular weight excluding hydrogens is 429 g/mol. The summed E-state index contributed by atoms with van der Waals surface area (Å²) in [6.07, 6.45) is 5.80. The van der Waals surface area contributed by atoms with E-state index in [4.69, 9.17) is 14.4 Å². The van der Waals surface area contributed by atoms with Crippen LogP contribution in [0.1, 0.15) is 18.9 Å². The second-order valence-electron chi connectivity index (χ2n) is 8.25. The number of allylic oxidation sites excluding steroid dienone is 1.